The fraction of sp³-hybridized carbons (Fsp3) is 0.308. The standard InChI is InChI=1S/C13H18N4O2S/c1-9(13-8-17(3)16-10(13)2)15-11-5-4-6-12(7-11)20(14,18)19/h4-9,15H,1-3H3,(H2,14,18,19). The highest BCUT2D eigenvalue weighted by atomic mass is 32.2. The normalized spacial score (nSPS) is 13.2. The highest BCUT2D eigenvalue weighted by Crippen LogP contribution is 2.22. The Hall–Kier alpha value is -1.86. The third kappa shape index (κ3) is 3.17. The van der Waals surface area contributed by atoms with Gasteiger partial charge in [0.2, 0.25) is 10.0 Å². The lowest BCUT2D eigenvalue weighted by Gasteiger charge is -2.15. The highest BCUT2D eigenvalue weighted by Gasteiger charge is 2.13. The van der Waals surface area contributed by atoms with Crippen molar-refractivity contribution in [3.8, 4) is 0 Å². The fourth-order valence-electron chi connectivity index (χ4n) is 2.13. The van der Waals surface area contributed by atoms with Crippen molar-refractivity contribution in [3.63, 3.8) is 0 Å². The van der Waals surface area contributed by atoms with E-state index in [9.17, 15) is 8.42 Å². The van der Waals surface area contributed by atoms with Gasteiger partial charge >= 0.3 is 0 Å². The number of hydrogen-bond donors (Lipinski definition) is 2. The van der Waals surface area contributed by atoms with Crippen molar-refractivity contribution in [2.24, 2.45) is 12.2 Å². The first kappa shape index (κ1) is 14.5. The van der Waals surface area contributed by atoms with Gasteiger partial charge in [-0.15, -0.1) is 0 Å². The van der Waals surface area contributed by atoms with E-state index in [-0.39, 0.29) is 10.9 Å². The zero-order valence-electron chi connectivity index (χ0n) is 11.7. The smallest absolute Gasteiger partial charge is 0.238 e. The average molecular weight is 294 g/mol. The maximum absolute atomic E-state index is 11.3. The fourth-order valence-corrected chi connectivity index (χ4v) is 2.69. The summed E-state index contributed by atoms with van der Waals surface area (Å²) < 4.78 is 24.4. The molecular formula is C13H18N4O2S. The predicted octanol–water partition coefficient (Wildman–Crippen LogP) is 1.55. The Bertz CT molecular complexity index is 722. The van der Waals surface area contributed by atoms with Crippen LogP contribution in [0.15, 0.2) is 35.4 Å². The molecule has 0 aliphatic rings. The van der Waals surface area contributed by atoms with Gasteiger partial charge in [0, 0.05) is 24.5 Å². The van der Waals surface area contributed by atoms with Gasteiger partial charge < -0.3 is 5.32 Å². The number of benzene rings is 1. The third-order valence-electron chi connectivity index (χ3n) is 3.06. The molecule has 6 nitrogen and oxygen atoms in total. The summed E-state index contributed by atoms with van der Waals surface area (Å²) in [5.74, 6) is 0. The van der Waals surface area contributed by atoms with Gasteiger partial charge in [0.05, 0.1) is 16.6 Å². The van der Waals surface area contributed by atoms with Crippen LogP contribution in [0.1, 0.15) is 24.2 Å². The lowest BCUT2D eigenvalue weighted by Crippen LogP contribution is -2.13. The molecule has 1 atom stereocenters. The van der Waals surface area contributed by atoms with Crippen LogP contribution in [-0.2, 0) is 17.1 Å². The van der Waals surface area contributed by atoms with Gasteiger partial charge in [-0.1, -0.05) is 6.07 Å². The first-order valence-corrected chi connectivity index (χ1v) is 7.71. The Labute approximate surface area is 118 Å². The van der Waals surface area contributed by atoms with Gasteiger partial charge in [-0.2, -0.15) is 5.10 Å². The van der Waals surface area contributed by atoms with Crippen LogP contribution in [0.2, 0.25) is 0 Å². The van der Waals surface area contributed by atoms with E-state index in [0.29, 0.717) is 5.69 Å². The van der Waals surface area contributed by atoms with E-state index in [2.05, 4.69) is 10.4 Å². The summed E-state index contributed by atoms with van der Waals surface area (Å²) >= 11 is 0. The van der Waals surface area contributed by atoms with Crippen LogP contribution in [0.25, 0.3) is 0 Å². The summed E-state index contributed by atoms with van der Waals surface area (Å²) in [6.45, 7) is 3.93. The average Bonchev–Trinajstić information content (AvgIpc) is 2.68. The number of hydrogen-bond acceptors (Lipinski definition) is 4. The lowest BCUT2D eigenvalue weighted by atomic mass is 10.1. The highest BCUT2D eigenvalue weighted by molar-refractivity contribution is 7.89. The molecule has 2 aromatic rings. The van der Waals surface area contributed by atoms with Crippen molar-refractivity contribution in [3.05, 3.63) is 41.7 Å². The number of nitrogens with one attached hydrogen (secondary N) is 1. The van der Waals surface area contributed by atoms with Crippen LogP contribution < -0.4 is 10.5 Å². The number of aryl methyl sites for hydroxylation is 2. The van der Waals surface area contributed by atoms with E-state index in [4.69, 9.17) is 5.14 Å². The Morgan fingerprint density at radius 2 is 2.10 bits per heavy atom. The number of nitrogens with zero attached hydrogens (tertiary/aromatic N) is 2. The molecular weight excluding hydrogens is 276 g/mol. The van der Waals surface area contributed by atoms with Crippen LogP contribution in [-0.4, -0.2) is 18.2 Å². The number of rotatable bonds is 4. The first-order chi connectivity index (χ1) is 9.27. The first-order valence-electron chi connectivity index (χ1n) is 6.17. The molecule has 1 heterocycles. The Balaban J connectivity index is 2.24. The molecule has 0 spiro atoms. The van der Waals surface area contributed by atoms with Crippen LogP contribution in [0.5, 0.6) is 0 Å². The minimum absolute atomic E-state index is 0.0134. The number of anilines is 1. The molecule has 20 heavy (non-hydrogen) atoms. The summed E-state index contributed by atoms with van der Waals surface area (Å²) in [5.41, 5.74) is 2.70. The largest absolute Gasteiger partial charge is 0.378 e. The molecule has 0 radical (unpaired) electrons. The second kappa shape index (κ2) is 5.26. The maximum Gasteiger partial charge on any atom is 0.238 e. The van der Waals surface area contributed by atoms with Crippen molar-refractivity contribution in [1.82, 2.24) is 9.78 Å². The number of sulfonamides is 1. The summed E-state index contributed by atoms with van der Waals surface area (Å²) in [4.78, 5) is 0.0950. The summed E-state index contributed by atoms with van der Waals surface area (Å²) in [6, 6.07) is 6.47. The quantitative estimate of drug-likeness (QED) is 0.895. The topological polar surface area (TPSA) is 90.0 Å². The van der Waals surface area contributed by atoms with Gasteiger partial charge in [0.15, 0.2) is 0 Å². The summed E-state index contributed by atoms with van der Waals surface area (Å²) in [6.07, 6.45) is 1.94. The number of aromatic nitrogens is 2. The van der Waals surface area contributed by atoms with Crippen LogP contribution in [0.3, 0.4) is 0 Å². The van der Waals surface area contributed by atoms with Crippen molar-refractivity contribution in [2.75, 3.05) is 5.32 Å². The third-order valence-corrected chi connectivity index (χ3v) is 3.97. The molecule has 1 aromatic carbocycles. The summed E-state index contributed by atoms with van der Waals surface area (Å²) in [7, 11) is -1.82. The zero-order chi connectivity index (χ0) is 14.9. The molecule has 7 heteroatoms. The Morgan fingerprint density at radius 3 is 2.65 bits per heavy atom. The van der Waals surface area contributed by atoms with Crippen LogP contribution in [0, 0.1) is 6.92 Å². The molecule has 108 valence electrons. The molecule has 0 fully saturated rings. The molecule has 0 bridgehead atoms. The molecule has 0 saturated heterocycles. The van der Waals surface area contributed by atoms with Gasteiger partial charge in [-0.25, -0.2) is 13.6 Å². The van der Waals surface area contributed by atoms with E-state index < -0.39 is 10.0 Å². The Kier molecular flexibility index (Phi) is 3.82. The van der Waals surface area contributed by atoms with Crippen molar-refractivity contribution >= 4 is 15.7 Å². The van der Waals surface area contributed by atoms with Crippen molar-refractivity contribution in [1.29, 1.82) is 0 Å². The molecule has 1 unspecified atom stereocenters. The molecule has 0 amide bonds. The van der Waals surface area contributed by atoms with Gasteiger partial charge in [-0.3, -0.25) is 4.68 Å². The van der Waals surface area contributed by atoms with E-state index in [1.165, 1.54) is 12.1 Å². The van der Waals surface area contributed by atoms with E-state index in [1.54, 1.807) is 16.8 Å². The van der Waals surface area contributed by atoms with Crippen molar-refractivity contribution in [2.45, 2.75) is 24.8 Å². The second-order valence-corrected chi connectivity index (χ2v) is 6.34. The van der Waals surface area contributed by atoms with Gasteiger partial charge in [0.25, 0.3) is 0 Å². The molecule has 2 rings (SSSR count). The predicted molar refractivity (Wildman–Crippen MR) is 77.8 cm³/mol. The van der Waals surface area contributed by atoms with Crippen LogP contribution in [0.4, 0.5) is 5.69 Å². The van der Waals surface area contributed by atoms with E-state index in [0.717, 1.165) is 11.3 Å². The second-order valence-electron chi connectivity index (χ2n) is 4.78. The minimum Gasteiger partial charge on any atom is -0.378 e. The molecule has 1 aromatic heterocycles. The molecule has 0 aliphatic carbocycles. The SMILES string of the molecule is Cc1nn(C)cc1C(C)Nc1cccc(S(N)(=O)=O)c1. The molecule has 3 N–H and O–H groups in total. The summed E-state index contributed by atoms with van der Waals surface area (Å²) in [5, 5.41) is 12.7. The molecule has 0 aliphatic heterocycles. The van der Waals surface area contributed by atoms with E-state index in [1.807, 2.05) is 27.1 Å². The Morgan fingerprint density at radius 1 is 1.40 bits per heavy atom. The maximum atomic E-state index is 11.3. The number of nitrogens with two attached hydrogens (primary N) is 1. The minimum atomic E-state index is -3.69. The monoisotopic (exact) mass is 294 g/mol. The zero-order valence-corrected chi connectivity index (χ0v) is 12.5. The van der Waals surface area contributed by atoms with Gasteiger partial charge in [0.1, 0.15) is 0 Å². The lowest BCUT2D eigenvalue weighted by molar-refractivity contribution is 0.598. The van der Waals surface area contributed by atoms with Crippen molar-refractivity contribution < 1.29 is 8.42 Å². The van der Waals surface area contributed by atoms with E-state index >= 15 is 0 Å². The van der Waals surface area contributed by atoms with Gasteiger partial charge in [-0.05, 0) is 32.0 Å². The van der Waals surface area contributed by atoms with Crippen LogP contribution >= 0.6 is 0 Å². The molecule has 0 saturated carbocycles. The number of primary sulfonamides is 1.